The van der Waals surface area contributed by atoms with E-state index in [1.165, 1.54) is 0 Å². The number of benzene rings is 1. The maximum Gasteiger partial charge on any atom is 0.326 e. The number of amides is 1. The number of esters is 1. The summed E-state index contributed by atoms with van der Waals surface area (Å²) in [4.78, 5) is 28.4. The van der Waals surface area contributed by atoms with Crippen LogP contribution in [-0.2, 0) is 9.53 Å². The van der Waals surface area contributed by atoms with Gasteiger partial charge in [0.2, 0.25) is 0 Å². The van der Waals surface area contributed by atoms with Crippen LogP contribution in [0.1, 0.15) is 31.1 Å². The number of rotatable bonds is 6. The Balaban J connectivity index is 2.89. The Hall–Kier alpha value is -1.15. The first-order valence-electron chi connectivity index (χ1n) is 7.50. The molecular formula is C17H25IN2O3. The van der Waals surface area contributed by atoms with Gasteiger partial charge in [0, 0.05) is 16.7 Å². The summed E-state index contributed by atoms with van der Waals surface area (Å²) in [7, 11) is 3.87. The van der Waals surface area contributed by atoms with Crippen LogP contribution in [0.15, 0.2) is 24.3 Å². The second-order valence-electron chi connectivity index (χ2n) is 6.60. The molecule has 0 bridgehead atoms. The quantitative estimate of drug-likeness (QED) is 0.513. The molecule has 5 nitrogen and oxygen atoms in total. The van der Waals surface area contributed by atoms with Crippen LogP contribution in [0.4, 0.5) is 0 Å². The van der Waals surface area contributed by atoms with Crippen LogP contribution in [0.3, 0.4) is 0 Å². The monoisotopic (exact) mass is 432 g/mol. The van der Waals surface area contributed by atoms with Crippen LogP contribution >= 0.6 is 22.6 Å². The third-order valence-corrected chi connectivity index (χ3v) is 3.89. The molecule has 0 unspecified atom stereocenters. The first-order valence-corrected chi connectivity index (χ1v) is 8.58. The molecular weight excluding hydrogens is 407 g/mol. The van der Waals surface area contributed by atoms with Crippen molar-refractivity contribution in [1.29, 1.82) is 0 Å². The zero-order valence-electron chi connectivity index (χ0n) is 14.4. The summed E-state index contributed by atoms with van der Waals surface area (Å²) in [6.45, 7) is 6.55. The van der Waals surface area contributed by atoms with Crippen molar-refractivity contribution in [2.45, 2.75) is 26.4 Å². The highest BCUT2D eigenvalue weighted by atomic mass is 127. The minimum Gasteiger partial charge on any atom is -0.459 e. The number of ether oxygens (including phenoxy) is 1. The van der Waals surface area contributed by atoms with E-state index in [1.807, 2.05) is 58.0 Å². The van der Waals surface area contributed by atoms with Crippen molar-refractivity contribution in [3.05, 3.63) is 33.4 Å². The van der Waals surface area contributed by atoms with Gasteiger partial charge in [-0.25, -0.2) is 0 Å². The van der Waals surface area contributed by atoms with Gasteiger partial charge in [-0.1, -0.05) is 12.1 Å². The van der Waals surface area contributed by atoms with Crippen LogP contribution < -0.4 is 0 Å². The van der Waals surface area contributed by atoms with Gasteiger partial charge in [-0.15, -0.1) is 0 Å². The molecule has 0 aliphatic heterocycles. The number of likely N-dealkylation sites (N-methyl/N-ethyl adjacent to an activating group) is 1. The Bertz CT molecular complexity index is 553. The predicted octanol–water partition coefficient (Wildman–Crippen LogP) is 2.64. The van der Waals surface area contributed by atoms with Crippen LogP contribution in [0, 0.1) is 3.57 Å². The van der Waals surface area contributed by atoms with Gasteiger partial charge in [0.15, 0.2) is 0 Å². The lowest BCUT2D eigenvalue weighted by atomic mass is 10.2. The lowest BCUT2D eigenvalue weighted by Gasteiger charge is -2.26. The van der Waals surface area contributed by atoms with Gasteiger partial charge in [0.25, 0.3) is 5.91 Å². The van der Waals surface area contributed by atoms with E-state index in [4.69, 9.17) is 4.74 Å². The molecule has 0 aromatic heterocycles. The molecule has 0 spiro atoms. The summed E-state index contributed by atoms with van der Waals surface area (Å²) >= 11 is 2.13. The predicted molar refractivity (Wildman–Crippen MR) is 99.5 cm³/mol. The Morgan fingerprint density at radius 3 is 2.26 bits per heavy atom. The van der Waals surface area contributed by atoms with E-state index in [0.717, 1.165) is 3.57 Å². The van der Waals surface area contributed by atoms with Gasteiger partial charge in [-0.2, -0.15) is 0 Å². The van der Waals surface area contributed by atoms with Crippen molar-refractivity contribution >= 4 is 34.5 Å². The summed E-state index contributed by atoms with van der Waals surface area (Å²) in [5.74, 6) is -0.543. The van der Waals surface area contributed by atoms with Crippen LogP contribution in [0.2, 0.25) is 0 Å². The van der Waals surface area contributed by atoms with Crippen LogP contribution in [0.25, 0.3) is 0 Å². The molecule has 1 rings (SSSR count). The Morgan fingerprint density at radius 1 is 1.13 bits per heavy atom. The molecule has 1 amide bonds. The molecule has 1 aromatic rings. The number of carbonyl (C=O) groups is 2. The zero-order valence-corrected chi connectivity index (χ0v) is 16.6. The first kappa shape index (κ1) is 19.9. The minimum atomic E-state index is -0.561. The van der Waals surface area contributed by atoms with Crippen molar-refractivity contribution in [3.63, 3.8) is 0 Å². The molecule has 0 heterocycles. The second-order valence-corrected chi connectivity index (χ2v) is 7.76. The highest BCUT2D eigenvalue weighted by Gasteiger charge is 2.24. The van der Waals surface area contributed by atoms with E-state index in [0.29, 0.717) is 18.7 Å². The van der Waals surface area contributed by atoms with Crippen molar-refractivity contribution < 1.29 is 14.3 Å². The fraction of sp³-hybridized carbons (Fsp3) is 0.529. The summed E-state index contributed by atoms with van der Waals surface area (Å²) in [5, 5.41) is 0. The Morgan fingerprint density at radius 2 is 1.74 bits per heavy atom. The molecule has 6 heteroatoms. The highest BCUT2D eigenvalue weighted by molar-refractivity contribution is 14.1. The zero-order chi connectivity index (χ0) is 17.6. The van der Waals surface area contributed by atoms with E-state index in [2.05, 4.69) is 22.6 Å². The topological polar surface area (TPSA) is 49.9 Å². The molecule has 0 aliphatic carbocycles. The molecule has 0 aliphatic rings. The number of nitrogens with zero attached hydrogens (tertiary/aromatic N) is 2. The summed E-state index contributed by atoms with van der Waals surface area (Å²) in [5.41, 5.74) is 0.0459. The van der Waals surface area contributed by atoms with Crippen LogP contribution in [0.5, 0.6) is 0 Å². The fourth-order valence-corrected chi connectivity index (χ4v) is 2.53. The average molecular weight is 432 g/mol. The molecule has 0 N–H and O–H groups in total. The molecule has 1 aromatic carbocycles. The van der Waals surface area contributed by atoms with Crippen molar-refractivity contribution in [3.8, 4) is 0 Å². The second kappa shape index (κ2) is 8.63. The van der Waals surface area contributed by atoms with Gasteiger partial charge < -0.3 is 14.5 Å². The molecule has 23 heavy (non-hydrogen) atoms. The van der Waals surface area contributed by atoms with E-state index >= 15 is 0 Å². The molecule has 0 fully saturated rings. The van der Waals surface area contributed by atoms with Crippen molar-refractivity contribution in [2.24, 2.45) is 0 Å². The van der Waals surface area contributed by atoms with Gasteiger partial charge >= 0.3 is 5.97 Å². The lowest BCUT2D eigenvalue weighted by Crippen LogP contribution is -2.42. The van der Waals surface area contributed by atoms with E-state index in [9.17, 15) is 9.59 Å². The third kappa shape index (κ3) is 7.30. The molecule has 128 valence electrons. The highest BCUT2D eigenvalue weighted by Crippen LogP contribution is 2.15. The average Bonchev–Trinajstić information content (AvgIpc) is 2.41. The van der Waals surface area contributed by atoms with Gasteiger partial charge in [-0.05, 0) is 69.6 Å². The third-order valence-electron chi connectivity index (χ3n) is 2.95. The molecule has 0 atom stereocenters. The van der Waals surface area contributed by atoms with E-state index in [1.54, 1.807) is 11.0 Å². The normalized spacial score (nSPS) is 11.4. The lowest BCUT2D eigenvalue weighted by molar-refractivity contribution is -0.155. The van der Waals surface area contributed by atoms with Crippen molar-refractivity contribution in [1.82, 2.24) is 9.80 Å². The summed E-state index contributed by atoms with van der Waals surface area (Å²) < 4.78 is 6.21. The molecule has 0 radical (unpaired) electrons. The van der Waals surface area contributed by atoms with Crippen molar-refractivity contribution in [2.75, 3.05) is 33.7 Å². The summed E-state index contributed by atoms with van der Waals surface area (Å²) in [6, 6.07) is 7.37. The Kier molecular flexibility index (Phi) is 7.47. The van der Waals surface area contributed by atoms with E-state index in [-0.39, 0.29) is 12.5 Å². The fourth-order valence-electron chi connectivity index (χ4n) is 1.91. The van der Waals surface area contributed by atoms with Gasteiger partial charge in [-0.3, -0.25) is 9.59 Å². The van der Waals surface area contributed by atoms with E-state index < -0.39 is 11.6 Å². The maximum atomic E-state index is 12.8. The summed E-state index contributed by atoms with van der Waals surface area (Å²) in [6.07, 6.45) is 0. The number of hydrogen-bond acceptors (Lipinski definition) is 4. The van der Waals surface area contributed by atoms with Crippen LogP contribution in [-0.4, -0.2) is 61.0 Å². The number of hydrogen-bond donors (Lipinski definition) is 0. The molecule has 0 saturated carbocycles. The maximum absolute atomic E-state index is 12.8. The standard InChI is InChI=1S/C17H25IN2O3/c1-17(2,3)23-15(21)12-20(11-10-19(4)5)16(22)13-8-6-7-9-14(13)18/h6-9H,10-12H2,1-5H3. The SMILES string of the molecule is CN(C)CCN(CC(=O)OC(C)(C)C)C(=O)c1ccccc1I. The minimum absolute atomic E-state index is 0.0467. The van der Waals surface area contributed by atoms with Gasteiger partial charge in [0.05, 0.1) is 5.56 Å². The smallest absolute Gasteiger partial charge is 0.326 e. The largest absolute Gasteiger partial charge is 0.459 e. The Labute approximate surface area is 152 Å². The first-order chi connectivity index (χ1) is 10.6. The molecule has 0 saturated heterocycles. The number of carbonyl (C=O) groups excluding carboxylic acids is 2. The number of halogens is 1. The van der Waals surface area contributed by atoms with Gasteiger partial charge in [0.1, 0.15) is 12.1 Å².